The third-order valence-electron chi connectivity index (χ3n) is 1.13. The first-order valence-electron chi connectivity index (χ1n) is 3.32. The molecule has 0 amide bonds. The molecule has 3 nitrogen and oxygen atoms in total. The monoisotopic (exact) mass is 232 g/mol. The summed E-state index contributed by atoms with van der Waals surface area (Å²) in [7, 11) is -3.65. The summed E-state index contributed by atoms with van der Waals surface area (Å²) < 4.78 is 15.7. The summed E-state index contributed by atoms with van der Waals surface area (Å²) in [4.78, 5) is 8.96. The van der Waals surface area contributed by atoms with E-state index >= 15 is 0 Å². The molecule has 0 fully saturated rings. The topological polar surface area (TPSA) is 46.5 Å². The van der Waals surface area contributed by atoms with Gasteiger partial charge < -0.3 is 9.42 Å². The fourth-order valence-electron chi connectivity index (χ4n) is 0.536. The number of hydrogen-bond acceptors (Lipinski definition) is 2. The van der Waals surface area contributed by atoms with Gasteiger partial charge in [0.25, 0.3) is 0 Å². The average molecular weight is 233 g/mol. The maximum absolute atomic E-state index is 10.9. The zero-order chi connectivity index (χ0) is 9.61. The van der Waals surface area contributed by atoms with Crippen molar-refractivity contribution in [3.05, 3.63) is 12.4 Å². The largest absolute Gasteiger partial charge is 0.351 e. The predicted molar refractivity (Wildman–Crippen MR) is 51.0 cm³/mol. The molecule has 72 valence electrons. The maximum atomic E-state index is 10.9. The quantitative estimate of drug-likeness (QED) is 0.566. The van der Waals surface area contributed by atoms with Gasteiger partial charge in [0.05, 0.1) is 6.10 Å². The minimum atomic E-state index is -3.65. The van der Waals surface area contributed by atoms with Crippen LogP contribution in [0.4, 0.5) is 0 Å². The number of alkyl halides is 2. The van der Waals surface area contributed by atoms with E-state index in [1.165, 1.54) is 0 Å². The van der Waals surface area contributed by atoms with Gasteiger partial charge in [-0.25, -0.2) is 0 Å². The molecule has 0 radical (unpaired) electrons. The van der Waals surface area contributed by atoms with Gasteiger partial charge >= 0.3 is 7.60 Å². The van der Waals surface area contributed by atoms with Crippen LogP contribution >= 0.6 is 30.8 Å². The predicted octanol–water partition coefficient (Wildman–Crippen LogP) is 2.57. The Morgan fingerprint density at radius 1 is 1.67 bits per heavy atom. The fraction of sp³-hybridized carbons (Fsp3) is 0.667. The van der Waals surface area contributed by atoms with Gasteiger partial charge in [-0.05, 0) is 6.42 Å². The van der Waals surface area contributed by atoms with Gasteiger partial charge in [0.2, 0.25) is 0 Å². The van der Waals surface area contributed by atoms with Crippen LogP contribution in [-0.4, -0.2) is 22.8 Å². The molecule has 0 spiro atoms. The van der Waals surface area contributed by atoms with E-state index in [1.807, 2.05) is 0 Å². The highest BCUT2D eigenvalue weighted by atomic mass is 35.5. The van der Waals surface area contributed by atoms with Gasteiger partial charge in [-0.1, -0.05) is 6.58 Å². The third-order valence-corrected chi connectivity index (χ3v) is 2.76. The summed E-state index contributed by atoms with van der Waals surface area (Å²) >= 11 is 10.9. The van der Waals surface area contributed by atoms with Crippen LogP contribution in [0.2, 0.25) is 0 Å². The molecule has 0 aromatic rings. The molecule has 2 unspecified atom stereocenters. The molecule has 1 N–H and O–H groups in total. The SMILES string of the molecule is C=CP(=O)(O)OC(CCl)CCCl. The molecule has 0 aromatic heterocycles. The van der Waals surface area contributed by atoms with Gasteiger partial charge in [0, 0.05) is 17.6 Å². The smallest absolute Gasteiger partial charge is 0.321 e. The molecular formula is C6H11Cl2O3P. The van der Waals surface area contributed by atoms with Crippen molar-refractivity contribution >= 4 is 30.8 Å². The Labute approximate surface area is 81.9 Å². The van der Waals surface area contributed by atoms with Crippen molar-refractivity contribution in [1.29, 1.82) is 0 Å². The number of hydrogen-bond donors (Lipinski definition) is 1. The Hall–Kier alpha value is 0.470. The van der Waals surface area contributed by atoms with Gasteiger partial charge in [-0.3, -0.25) is 4.57 Å². The first kappa shape index (κ1) is 12.5. The third kappa shape index (κ3) is 5.18. The molecular weight excluding hydrogens is 222 g/mol. The van der Waals surface area contributed by atoms with E-state index in [9.17, 15) is 4.57 Å². The second-order valence-electron chi connectivity index (χ2n) is 2.11. The van der Waals surface area contributed by atoms with Gasteiger partial charge in [0.1, 0.15) is 0 Å². The van der Waals surface area contributed by atoms with Crippen molar-refractivity contribution in [3.63, 3.8) is 0 Å². The van der Waals surface area contributed by atoms with Crippen LogP contribution in [0.25, 0.3) is 0 Å². The van der Waals surface area contributed by atoms with E-state index in [0.29, 0.717) is 12.3 Å². The van der Waals surface area contributed by atoms with Crippen molar-refractivity contribution < 1.29 is 14.0 Å². The van der Waals surface area contributed by atoms with Crippen molar-refractivity contribution in [2.75, 3.05) is 11.8 Å². The van der Waals surface area contributed by atoms with Gasteiger partial charge in [-0.2, -0.15) is 0 Å². The Bertz CT molecular complexity index is 186. The van der Waals surface area contributed by atoms with E-state index in [-0.39, 0.29) is 5.88 Å². The Kier molecular flexibility index (Phi) is 6.24. The lowest BCUT2D eigenvalue weighted by Crippen LogP contribution is -2.13. The van der Waals surface area contributed by atoms with Gasteiger partial charge in [-0.15, -0.1) is 23.2 Å². The van der Waals surface area contributed by atoms with Crippen LogP contribution in [0, 0.1) is 0 Å². The normalized spacial score (nSPS) is 18.2. The van der Waals surface area contributed by atoms with Crippen LogP contribution in [0.15, 0.2) is 12.4 Å². The average Bonchev–Trinajstić information content (AvgIpc) is 2.03. The standard InChI is InChI=1S/C6H11Cl2O3P/c1-2-12(9,10)11-6(5-8)3-4-7/h2,6H,1,3-5H2,(H,9,10). The highest BCUT2D eigenvalue weighted by Gasteiger charge is 2.19. The van der Waals surface area contributed by atoms with Crippen molar-refractivity contribution in [3.8, 4) is 0 Å². The Balaban J connectivity index is 4.01. The van der Waals surface area contributed by atoms with Crippen LogP contribution in [0.5, 0.6) is 0 Å². The Morgan fingerprint density at radius 3 is 2.58 bits per heavy atom. The maximum Gasteiger partial charge on any atom is 0.351 e. The second-order valence-corrected chi connectivity index (χ2v) is 4.50. The lowest BCUT2D eigenvalue weighted by Gasteiger charge is -2.15. The second kappa shape index (κ2) is 6.01. The zero-order valence-corrected chi connectivity index (χ0v) is 8.86. The van der Waals surface area contributed by atoms with E-state index in [4.69, 9.17) is 32.6 Å². The highest BCUT2D eigenvalue weighted by Crippen LogP contribution is 2.44. The van der Waals surface area contributed by atoms with E-state index < -0.39 is 13.7 Å². The van der Waals surface area contributed by atoms with Crippen molar-refractivity contribution in [2.24, 2.45) is 0 Å². The van der Waals surface area contributed by atoms with Gasteiger partial charge in [0.15, 0.2) is 0 Å². The minimum Gasteiger partial charge on any atom is -0.321 e. The van der Waals surface area contributed by atoms with E-state index in [0.717, 1.165) is 5.82 Å². The molecule has 0 aliphatic heterocycles. The van der Waals surface area contributed by atoms with Crippen LogP contribution in [0.1, 0.15) is 6.42 Å². The summed E-state index contributed by atoms with van der Waals surface area (Å²) in [5.74, 6) is 1.36. The molecule has 0 bridgehead atoms. The van der Waals surface area contributed by atoms with Crippen LogP contribution < -0.4 is 0 Å². The summed E-state index contributed by atoms with van der Waals surface area (Å²) in [6.07, 6.45) is -0.0401. The van der Waals surface area contributed by atoms with Crippen molar-refractivity contribution in [2.45, 2.75) is 12.5 Å². The summed E-state index contributed by atoms with van der Waals surface area (Å²) in [6, 6.07) is 0. The molecule has 6 heteroatoms. The first-order valence-corrected chi connectivity index (χ1v) is 6.03. The van der Waals surface area contributed by atoms with Crippen LogP contribution in [-0.2, 0) is 9.09 Å². The number of halogens is 2. The molecule has 0 heterocycles. The molecule has 0 rings (SSSR count). The summed E-state index contributed by atoms with van der Waals surface area (Å²) in [6.45, 7) is 3.17. The molecule has 2 atom stereocenters. The summed E-state index contributed by atoms with van der Waals surface area (Å²) in [5, 5.41) is 0. The molecule has 0 aliphatic rings. The molecule has 12 heavy (non-hydrogen) atoms. The molecule has 0 aromatic carbocycles. The summed E-state index contributed by atoms with van der Waals surface area (Å²) in [5.41, 5.74) is 0. The lowest BCUT2D eigenvalue weighted by atomic mass is 10.3. The van der Waals surface area contributed by atoms with E-state index in [1.54, 1.807) is 0 Å². The molecule has 0 saturated carbocycles. The molecule has 0 saturated heterocycles. The first-order chi connectivity index (χ1) is 5.55. The lowest BCUT2D eigenvalue weighted by molar-refractivity contribution is 0.195. The fourth-order valence-corrected chi connectivity index (χ4v) is 1.78. The molecule has 0 aliphatic carbocycles. The zero-order valence-electron chi connectivity index (χ0n) is 6.45. The van der Waals surface area contributed by atoms with E-state index in [2.05, 4.69) is 6.58 Å². The minimum absolute atomic E-state index is 0.144. The highest BCUT2D eigenvalue weighted by molar-refractivity contribution is 7.56. The van der Waals surface area contributed by atoms with Crippen molar-refractivity contribution in [1.82, 2.24) is 0 Å². The number of rotatable bonds is 6. The van der Waals surface area contributed by atoms with Crippen LogP contribution in [0.3, 0.4) is 0 Å². The Morgan fingerprint density at radius 2 is 2.25 bits per heavy atom.